The predicted molar refractivity (Wildman–Crippen MR) is 87.9 cm³/mol. The van der Waals surface area contributed by atoms with Crippen molar-refractivity contribution in [2.45, 2.75) is 6.54 Å². The number of carbonyl (C=O) groups excluding carboxylic acids is 1. The van der Waals surface area contributed by atoms with E-state index in [1.807, 2.05) is 24.3 Å². The second-order valence-corrected chi connectivity index (χ2v) is 5.98. The first-order valence-corrected chi connectivity index (χ1v) is 7.52. The van der Waals surface area contributed by atoms with Crippen LogP contribution in [0, 0.1) is 0 Å². The number of ether oxygens (including phenoxy) is 1. The van der Waals surface area contributed by atoms with Gasteiger partial charge in [-0.1, -0.05) is 39.7 Å². The van der Waals surface area contributed by atoms with Crippen LogP contribution in [0.2, 0.25) is 5.02 Å². The summed E-state index contributed by atoms with van der Waals surface area (Å²) < 4.78 is 6.24. The van der Waals surface area contributed by atoms with Crippen LogP contribution in [0.1, 0.15) is 15.9 Å². The SMILES string of the molecule is COc1cc(Cl)ccc1C(=O)N(C)Cc1ccc(Br)cc1. The van der Waals surface area contributed by atoms with E-state index in [2.05, 4.69) is 15.9 Å². The molecule has 2 aromatic carbocycles. The highest BCUT2D eigenvalue weighted by Crippen LogP contribution is 2.24. The van der Waals surface area contributed by atoms with Gasteiger partial charge in [0, 0.05) is 23.1 Å². The third kappa shape index (κ3) is 3.99. The number of rotatable bonds is 4. The lowest BCUT2D eigenvalue weighted by Crippen LogP contribution is -2.26. The molecule has 0 saturated carbocycles. The molecule has 2 aromatic rings. The lowest BCUT2D eigenvalue weighted by molar-refractivity contribution is 0.0781. The standard InChI is InChI=1S/C16H15BrClNO2/c1-19(10-11-3-5-12(17)6-4-11)16(20)14-8-7-13(18)9-15(14)21-2/h3-9H,10H2,1-2H3. The average Bonchev–Trinajstić information content (AvgIpc) is 2.48. The van der Waals surface area contributed by atoms with Crippen molar-refractivity contribution in [3.05, 3.63) is 63.1 Å². The Morgan fingerprint density at radius 2 is 1.90 bits per heavy atom. The molecule has 0 atom stereocenters. The van der Waals surface area contributed by atoms with Crippen LogP contribution in [0.3, 0.4) is 0 Å². The van der Waals surface area contributed by atoms with Gasteiger partial charge >= 0.3 is 0 Å². The van der Waals surface area contributed by atoms with E-state index in [4.69, 9.17) is 16.3 Å². The molecule has 21 heavy (non-hydrogen) atoms. The Labute approximate surface area is 137 Å². The summed E-state index contributed by atoms with van der Waals surface area (Å²) in [7, 11) is 3.29. The fraction of sp³-hybridized carbons (Fsp3) is 0.188. The van der Waals surface area contributed by atoms with Crippen LogP contribution in [0.5, 0.6) is 5.75 Å². The first-order valence-electron chi connectivity index (χ1n) is 6.34. The van der Waals surface area contributed by atoms with Crippen LogP contribution < -0.4 is 4.74 Å². The minimum Gasteiger partial charge on any atom is -0.496 e. The highest BCUT2D eigenvalue weighted by molar-refractivity contribution is 9.10. The molecule has 0 heterocycles. The fourth-order valence-corrected chi connectivity index (χ4v) is 2.41. The van der Waals surface area contributed by atoms with E-state index in [1.165, 1.54) is 7.11 Å². The van der Waals surface area contributed by atoms with E-state index in [9.17, 15) is 4.79 Å². The molecule has 110 valence electrons. The number of hydrogen-bond donors (Lipinski definition) is 0. The smallest absolute Gasteiger partial charge is 0.257 e. The van der Waals surface area contributed by atoms with Crippen molar-refractivity contribution in [1.82, 2.24) is 4.90 Å². The Bertz CT molecular complexity index is 643. The first kappa shape index (κ1) is 15.9. The second-order valence-electron chi connectivity index (χ2n) is 4.63. The quantitative estimate of drug-likeness (QED) is 0.801. The molecule has 0 aromatic heterocycles. The number of amides is 1. The number of nitrogens with zero attached hydrogens (tertiary/aromatic N) is 1. The van der Waals surface area contributed by atoms with Crippen molar-refractivity contribution in [3.8, 4) is 5.75 Å². The zero-order valence-electron chi connectivity index (χ0n) is 11.8. The molecule has 0 unspecified atom stereocenters. The summed E-state index contributed by atoms with van der Waals surface area (Å²) in [6, 6.07) is 12.9. The van der Waals surface area contributed by atoms with Crippen LogP contribution in [-0.4, -0.2) is 25.0 Å². The predicted octanol–water partition coefficient (Wildman–Crippen LogP) is 4.38. The van der Waals surface area contributed by atoms with Crippen LogP contribution in [0.25, 0.3) is 0 Å². The Morgan fingerprint density at radius 1 is 1.24 bits per heavy atom. The summed E-state index contributed by atoms with van der Waals surface area (Å²) >= 11 is 9.31. The largest absolute Gasteiger partial charge is 0.496 e. The minimum absolute atomic E-state index is 0.105. The van der Waals surface area contributed by atoms with Gasteiger partial charge in [0.25, 0.3) is 5.91 Å². The maximum Gasteiger partial charge on any atom is 0.257 e. The Kier molecular flexibility index (Phi) is 5.26. The molecule has 0 saturated heterocycles. The van der Waals surface area contributed by atoms with Gasteiger partial charge in [-0.25, -0.2) is 0 Å². The van der Waals surface area contributed by atoms with Crippen molar-refractivity contribution in [2.75, 3.05) is 14.2 Å². The van der Waals surface area contributed by atoms with Crippen molar-refractivity contribution < 1.29 is 9.53 Å². The molecule has 0 bridgehead atoms. The Balaban J connectivity index is 2.17. The molecule has 0 radical (unpaired) electrons. The normalized spacial score (nSPS) is 10.3. The number of carbonyl (C=O) groups is 1. The van der Waals surface area contributed by atoms with Gasteiger partial charge in [0.05, 0.1) is 12.7 Å². The fourth-order valence-electron chi connectivity index (χ4n) is 1.98. The molecular formula is C16H15BrClNO2. The van der Waals surface area contributed by atoms with Crippen molar-refractivity contribution in [3.63, 3.8) is 0 Å². The summed E-state index contributed by atoms with van der Waals surface area (Å²) in [5.41, 5.74) is 1.56. The molecule has 1 amide bonds. The van der Waals surface area contributed by atoms with Gasteiger partial charge in [0.1, 0.15) is 5.75 Å². The average molecular weight is 369 g/mol. The van der Waals surface area contributed by atoms with Crippen molar-refractivity contribution >= 4 is 33.4 Å². The number of hydrogen-bond acceptors (Lipinski definition) is 2. The van der Waals surface area contributed by atoms with E-state index < -0.39 is 0 Å². The van der Waals surface area contributed by atoms with E-state index in [1.54, 1.807) is 30.1 Å². The number of benzene rings is 2. The Hall–Kier alpha value is -1.52. The van der Waals surface area contributed by atoms with Gasteiger partial charge < -0.3 is 9.64 Å². The van der Waals surface area contributed by atoms with Crippen LogP contribution in [0.4, 0.5) is 0 Å². The Morgan fingerprint density at radius 3 is 2.52 bits per heavy atom. The molecule has 0 spiro atoms. The molecule has 0 aliphatic heterocycles. The molecule has 2 rings (SSSR count). The molecule has 5 heteroatoms. The topological polar surface area (TPSA) is 29.5 Å². The summed E-state index contributed by atoms with van der Waals surface area (Å²) in [5.74, 6) is 0.376. The van der Waals surface area contributed by atoms with Gasteiger partial charge in [-0.05, 0) is 35.9 Å². The van der Waals surface area contributed by atoms with Gasteiger partial charge in [0.15, 0.2) is 0 Å². The molecule has 0 aliphatic rings. The lowest BCUT2D eigenvalue weighted by Gasteiger charge is -2.19. The van der Waals surface area contributed by atoms with Gasteiger partial charge in [-0.2, -0.15) is 0 Å². The van der Waals surface area contributed by atoms with Crippen molar-refractivity contribution in [2.24, 2.45) is 0 Å². The molecule has 0 fully saturated rings. The van der Waals surface area contributed by atoms with E-state index >= 15 is 0 Å². The minimum atomic E-state index is -0.105. The van der Waals surface area contributed by atoms with Crippen molar-refractivity contribution in [1.29, 1.82) is 0 Å². The highest BCUT2D eigenvalue weighted by Gasteiger charge is 2.17. The van der Waals surface area contributed by atoms with E-state index in [0.29, 0.717) is 22.9 Å². The van der Waals surface area contributed by atoms with Gasteiger partial charge in [0.2, 0.25) is 0 Å². The van der Waals surface area contributed by atoms with Gasteiger partial charge in [-0.15, -0.1) is 0 Å². The first-order chi connectivity index (χ1) is 10.0. The zero-order chi connectivity index (χ0) is 15.4. The summed E-state index contributed by atoms with van der Waals surface area (Å²) in [6.45, 7) is 0.526. The van der Waals surface area contributed by atoms with Crippen LogP contribution >= 0.6 is 27.5 Å². The summed E-state index contributed by atoms with van der Waals surface area (Å²) in [4.78, 5) is 14.1. The summed E-state index contributed by atoms with van der Waals surface area (Å²) in [6.07, 6.45) is 0. The number of methoxy groups -OCH3 is 1. The second kappa shape index (κ2) is 6.96. The third-order valence-corrected chi connectivity index (χ3v) is 3.84. The summed E-state index contributed by atoms with van der Waals surface area (Å²) in [5, 5.41) is 0.541. The van der Waals surface area contributed by atoms with Gasteiger partial charge in [-0.3, -0.25) is 4.79 Å². The monoisotopic (exact) mass is 367 g/mol. The highest BCUT2D eigenvalue weighted by atomic mass is 79.9. The lowest BCUT2D eigenvalue weighted by atomic mass is 10.1. The third-order valence-electron chi connectivity index (χ3n) is 3.07. The van der Waals surface area contributed by atoms with E-state index in [0.717, 1.165) is 10.0 Å². The van der Waals surface area contributed by atoms with E-state index in [-0.39, 0.29) is 5.91 Å². The maximum atomic E-state index is 12.5. The maximum absolute atomic E-state index is 12.5. The number of halogens is 2. The van der Waals surface area contributed by atoms with Crippen LogP contribution in [-0.2, 0) is 6.54 Å². The molecule has 0 N–H and O–H groups in total. The molecular weight excluding hydrogens is 354 g/mol. The molecule has 0 aliphatic carbocycles. The van der Waals surface area contributed by atoms with Crippen LogP contribution in [0.15, 0.2) is 46.9 Å². The molecule has 3 nitrogen and oxygen atoms in total. The zero-order valence-corrected chi connectivity index (χ0v) is 14.1.